The van der Waals surface area contributed by atoms with E-state index in [9.17, 15) is 10.1 Å². The van der Waals surface area contributed by atoms with Gasteiger partial charge >= 0.3 is 0 Å². The number of nitro groups is 1. The van der Waals surface area contributed by atoms with E-state index in [1.54, 1.807) is 23.5 Å². The van der Waals surface area contributed by atoms with E-state index < -0.39 is 0 Å². The van der Waals surface area contributed by atoms with Gasteiger partial charge in [-0.1, -0.05) is 19.1 Å². The molecule has 0 amide bonds. The number of aromatic nitrogens is 4. The van der Waals surface area contributed by atoms with E-state index in [-0.39, 0.29) is 10.6 Å². The highest BCUT2D eigenvalue weighted by molar-refractivity contribution is 7.15. The first-order valence-electron chi connectivity index (χ1n) is 10.2. The van der Waals surface area contributed by atoms with Crippen LogP contribution < -0.4 is 0 Å². The molecule has 0 spiro atoms. The number of hydrogen-bond donors (Lipinski definition) is 0. The molecule has 0 atom stereocenters. The molecule has 1 aromatic carbocycles. The van der Waals surface area contributed by atoms with Crippen LogP contribution in [-0.2, 0) is 19.6 Å². The second-order valence-electron chi connectivity index (χ2n) is 7.41. The lowest BCUT2D eigenvalue weighted by Crippen LogP contribution is -2.45. The van der Waals surface area contributed by atoms with Crippen molar-refractivity contribution in [1.29, 1.82) is 0 Å². The number of benzene rings is 1. The van der Waals surface area contributed by atoms with E-state index in [1.807, 2.05) is 22.9 Å². The minimum absolute atomic E-state index is 0.157. The Morgan fingerprint density at radius 2 is 1.80 bits per heavy atom. The van der Waals surface area contributed by atoms with Gasteiger partial charge in [0.2, 0.25) is 0 Å². The maximum Gasteiger partial charge on any atom is 0.278 e. The zero-order valence-corrected chi connectivity index (χ0v) is 17.8. The molecule has 0 aliphatic carbocycles. The molecule has 10 heteroatoms. The van der Waals surface area contributed by atoms with Crippen molar-refractivity contribution in [3.63, 3.8) is 0 Å². The fourth-order valence-corrected chi connectivity index (χ4v) is 4.78. The number of nitrogens with zero attached hydrogens (tertiary/aromatic N) is 7. The number of aryl methyl sites for hydroxylation is 1. The Morgan fingerprint density at radius 1 is 1.07 bits per heavy atom. The van der Waals surface area contributed by atoms with E-state index in [4.69, 9.17) is 0 Å². The molecule has 1 saturated heterocycles. The first-order valence-corrected chi connectivity index (χ1v) is 11.0. The molecule has 0 unspecified atom stereocenters. The smallest absolute Gasteiger partial charge is 0.278 e. The number of nitro benzene ring substituents is 1. The molecule has 9 nitrogen and oxygen atoms in total. The molecule has 3 aromatic rings. The predicted molar refractivity (Wildman–Crippen MR) is 115 cm³/mol. The Hall–Kier alpha value is -2.69. The molecule has 30 heavy (non-hydrogen) atoms. The van der Waals surface area contributed by atoms with Crippen LogP contribution in [0.4, 0.5) is 5.69 Å². The lowest BCUT2D eigenvalue weighted by Gasteiger charge is -2.34. The van der Waals surface area contributed by atoms with Gasteiger partial charge in [0.05, 0.1) is 17.0 Å². The van der Waals surface area contributed by atoms with E-state index in [1.165, 1.54) is 4.88 Å². The zero-order chi connectivity index (χ0) is 20.9. The van der Waals surface area contributed by atoms with Crippen LogP contribution >= 0.6 is 11.3 Å². The van der Waals surface area contributed by atoms with Crippen LogP contribution in [0.3, 0.4) is 0 Å². The Balaban J connectivity index is 1.33. The minimum Gasteiger partial charge on any atom is -0.296 e. The summed E-state index contributed by atoms with van der Waals surface area (Å²) in [6.45, 7) is 8.53. The van der Waals surface area contributed by atoms with E-state index in [0.29, 0.717) is 5.56 Å². The Bertz CT molecular complexity index is 994. The highest BCUT2D eigenvalue weighted by Gasteiger charge is 2.21. The highest BCUT2D eigenvalue weighted by Crippen LogP contribution is 2.35. The van der Waals surface area contributed by atoms with Gasteiger partial charge in [-0.3, -0.25) is 19.9 Å². The van der Waals surface area contributed by atoms with Crippen LogP contribution in [0.5, 0.6) is 0 Å². The van der Waals surface area contributed by atoms with Gasteiger partial charge in [0.1, 0.15) is 0 Å². The summed E-state index contributed by atoms with van der Waals surface area (Å²) < 4.78 is 1.89. The molecule has 3 heterocycles. The van der Waals surface area contributed by atoms with E-state index >= 15 is 0 Å². The fourth-order valence-electron chi connectivity index (χ4n) is 3.70. The van der Waals surface area contributed by atoms with Crippen LogP contribution in [0.15, 0.2) is 36.4 Å². The van der Waals surface area contributed by atoms with Crippen LogP contribution in [0.2, 0.25) is 0 Å². The Labute approximate surface area is 179 Å². The van der Waals surface area contributed by atoms with Gasteiger partial charge in [0, 0.05) is 55.1 Å². The molecule has 0 bridgehead atoms. The zero-order valence-electron chi connectivity index (χ0n) is 17.0. The van der Waals surface area contributed by atoms with Crippen molar-refractivity contribution in [2.45, 2.75) is 33.0 Å². The number of para-hydroxylation sites is 1. The number of rotatable bonds is 8. The Kier molecular flexibility index (Phi) is 6.46. The lowest BCUT2D eigenvalue weighted by atomic mass is 10.1. The quantitative estimate of drug-likeness (QED) is 0.403. The maximum atomic E-state index is 11.3. The molecule has 0 N–H and O–H groups in total. The molecule has 0 saturated carbocycles. The molecule has 1 aliphatic rings. The number of tetrazole rings is 1. The van der Waals surface area contributed by atoms with Crippen LogP contribution in [-0.4, -0.2) is 61.1 Å². The second-order valence-corrected chi connectivity index (χ2v) is 8.58. The summed E-state index contributed by atoms with van der Waals surface area (Å²) in [7, 11) is 0. The average molecular weight is 428 g/mol. The average Bonchev–Trinajstić information content (AvgIpc) is 3.39. The number of hydrogen-bond acceptors (Lipinski definition) is 8. The summed E-state index contributed by atoms with van der Waals surface area (Å²) in [5.74, 6) is 0.928. The van der Waals surface area contributed by atoms with Gasteiger partial charge in [-0.2, -0.15) is 0 Å². The van der Waals surface area contributed by atoms with Crippen molar-refractivity contribution in [3.8, 4) is 10.4 Å². The van der Waals surface area contributed by atoms with Gasteiger partial charge in [-0.05, 0) is 35.0 Å². The first kappa shape index (κ1) is 20.6. The monoisotopic (exact) mass is 427 g/mol. The lowest BCUT2D eigenvalue weighted by molar-refractivity contribution is -0.384. The van der Waals surface area contributed by atoms with Crippen molar-refractivity contribution in [1.82, 2.24) is 30.0 Å². The van der Waals surface area contributed by atoms with Crippen molar-refractivity contribution < 1.29 is 4.92 Å². The summed E-state index contributed by atoms with van der Waals surface area (Å²) in [5, 5.41) is 23.3. The Morgan fingerprint density at radius 3 is 2.53 bits per heavy atom. The molecule has 0 radical (unpaired) electrons. The maximum absolute atomic E-state index is 11.3. The van der Waals surface area contributed by atoms with Gasteiger partial charge in [0.25, 0.3) is 5.69 Å². The van der Waals surface area contributed by atoms with Crippen molar-refractivity contribution in [3.05, 3.63) is 57.2 Å². The number of piperazine rings is 1. The molecule has 1 fully saturated rings. The molecule has 4 rings (SSSR count). The van der Waals surface area contributed by atoms with Crippen molar-refractivity contribution in [2.75, 3.05) is 26.2 Å². The highest BCUT2D eigenvalue weighted by atomic mass is 32.1. The first-order chi connectivity index (χ1) is 14.6. The normalized spacial score (nSPS) is 15.5. The predicted octanol–water partition coefficient (Wildman–Crippen LogP) is 3.04. The van der Waals surface area contributed by atoms with Crippen LogP contribution in [0.1, 0.15) is 24.0 Å². The SMILES string of the molecule is CCCn1nnnc1CN1CCN(Cc2ccc(-c3ccccc3[N+](=O)[O-])s2)CC1. The summed E-state index contributed by atoms with van der Waals surface area (Å²) in [4.78, 5) is 18.0. The van der Waals surface area contributed by atoms with Crippen molar-refractivity contribution >= 4 is 17.0 Å². The molecular formula is C20H25N7O2S. The van der Waals surface area contributed by atoms with Crippen LogP contribution in [0, 0.1) is 10.1 Å². The van der Waals surface area contributed by atoms with Gasteiger partial charge in [0.15, 0.2) is 5.82 Å². The third-order valence-corrected chi connectivity index (χ3v) is 6.38. The second kappa shape index (κ2) is 9.41. The third-order valence-electron chi connectivity index (χ3n) is 5.28. The summed E-state index contributed by atoms with van der Waals surface area (Å²) in [5.41, 5.74) is 0.846. The van der Waals surface area contributed by atoms with E-state index in [2.05, 4.69) is 38.3 Å². The van der Waals surface area contributed by atoms with Crippen molar-refractivity contribution in [2.24, 2.45) is 0 Å². The minimum atomic E-state index is -0.315. The largest absolute Gasteiger partial charge is 0.296 e. The third kappa shape index (κ3) is 4.72. The molecule has 2 aromatic heterocycles. The summed E-state index contributed by atoms with van der Waals surface area (Å²) >= 11 is 1.63. The molecule has 1 aliphatic heterocycles. The fraction of sp³-hybridized carbons (Fsp3) is 0.450. The standard InChI is InChI=1S/C20H25N7O2S/c1-2-9-26-20(21-22-23-26)15-25-12-10-24(11-13-25)14-16-7-8-19(30-16)17-5-3-4-6-18(17)27(28)29/h3-8H,2,9-15H2,1H3. The van der Waals surface area contributed by atoms with Crippen LogP contribution in [0.25, 0.3) is 10.4 Å². The molecular weight excluding hydrogens is 402 g/mol. The summed E-state index contributed by atoms with van der Waals surface area (Å²) in [6, 6.07) is 11.0. The van der Waals surface area contributed by atoms with E-state index in [0.717, 1.165) is 62.9 Å². The molecule has 158 valence electrons. The number of thiophene rings is 1. The van der Waals surface area contributed by atoms with Gasteiger partial charge in [-0.15, -0.1) is 16.4 Å². The summed E-state index contributed by atoms with van der Waals surface area (Å²) in [6.07, 6.45) is 1.01. The van der Waals surface area contributed by atoms with Gasteiger partial charge < -0.3 is 0 Å². The topological polar surface area (TPSA) is 93.2 Å². The van der Waals surface area contributed by atoms with Gasteiger partial charge in [-0.25, -0.2) is 4.68 Å².